The Balaban J connectivity index is 1.85. The number of benzene rings is 2. The van der Waals surface area contributed by atoms with Crippen LogP contribution in [-0.4, -0.2) is 31.7 Å². The third kappa shape index (κ3) is 4.41. The minimum absolute atomic E-state index is 0.143. The van der Waals surface area contributed by atoms with Gasteiger partial charge in [0.1, 0.15) is 11.9 Å². The van der Waals surface area contributed by atoms with Crippen molar-refractivity contribution >= 4 is 45.0 Å². The van der Waals surface area contributed by atoms with Crippen molar-refractivity contribution in [3.8, 4) is 0 Å². The fourth-order valence-electron chi connectivity index (χ4n) is 2.85. The normalized spacial score (nSPS) is 22.4. The summed E-state index contributed by atoms with van der Waals surface area (Å²) in [5.74, 6) is -1.16. The molecule has 1 heterocycles. The van der Waals surface area contributed by atoms with Crippen molar-refractivity contribution in [2.75, 3.05) is 12.4 Å². The number of amides is 1. The molecule has 27 heavy (non-hydrogen) atoms. The summed E-state index contributed by atoms with van der Waals surface area (Å²) in [7, 11) is -2.56. The maximum absolute atomic E-state index is 13.3. The zero-order valence-corrected chi connectivity index (χ0v) is 16.4. The van der Waals surface area contributed by atoms with Crippen LogP contribution in [0.5, 0.6) is 0 Å². The van der Waals surface area contributed by atoms with E-state index in [0.717, 1.165) is 10.4 Å². The standard InChI is InChI=1S/C17H16Cl2FN3O3S/c1-23-16(17(24)21-12-5-6-14(20)13(19)8-12)9-15(22-27(23,25)26)10-3-2-4-11(18)7-10/h2-8,15-16,22H,9H2,1H3,(H,21,24)/t15-,16+/m1/s1. The molecular formula is C17H16Cl2FN3O3S. The number of nitrogens with one attached hydrogen (secondary N) is 2. The van der Waals surface area contributed by atoms with E-state index in [2.05, 4.69) is 10.0 Å². The molecule has 2 aromatic carbocycles. The molecule has 0 aromatic heterocycles. The van der Waals surface area contributed by atoms with E-state index >= 15 is 0 Å². The second-order valence-electron chi connectivity index (χ2n) is 6.12. The zero-order chi connectivity index (χ0) is 19.8. The van der Waals surface area contributed by atoms with Crippen molar-refractivity contribution in [3.05, 3.63) is 63.9 Å². The van der Waals surface area contributed by atoms with E-state index in [0.29, 0.717) is 10.6 Å². The fourth-order valence-corrected chi connectivity index (χ4v) is 4.50. The Bertz CT molecular complexity index is 987. The fraction of sp³-hybridized carbons (Fsp3) is 0.235. The summed E-state index contributed by atoms with van der Waals surface area (Å²) >= 11 is 11.7. The highest BCUT2D eigenvalue weighted by molar-refractivity contribution is 7.87. The van der Waals surface area contributed by atoms with Gasteiger partial charge >= 0.3 is 0 Å². The van der Waals surface area contributed by atoms with Gasteiger partial charge in [-0.3, -0.25) is 4.79 Å². The van der Waals surface area contributed by atoms with Crippen LogP contribution >= 0.6 is 23.2 Å². The number of carbonyl (C=O) groups excluding carboxylic acids is 1. The first-order valence-electron chi connectivity index (χ1n) is 7.94. The summed E-state index contributed by atoms with van der Waals surface area (Å²) < 4.78 is 41.7. The summed E-state index contributed by atoms with van der Waals surface area (Å²) in [5.41, 5.74) is 0.928. The Morgan fingerprint density at radius 2 is 2.00 bits per heavy atom. The maximum atomic E-state index is 13.3. The SMILES string of the molecule is CN1[C@H](C(=O)Nc2ccc(F)c(Cl)c2)C[C@H](c2cccc(Cl)c2)NS1(=O)=O. The van der Waals surface area contributed by atoms with Crippen molar-refractivity contribution in [1.29, 1.82) is 0 Å². The lowest BCUT2D eigenvalue weighted by molar-refractivity contribution is -0.120. The van der Waals surface area contributed by atoms with Crippen LogP contribution in [0.1, 0.15) is 18.0 Å². The molecule has 2 atom stereocenters. The van der Waals surface area contributed by atoms with Crippen LogP contribution in [0, 0.1) is 5.82 Å². The van der Waals surface area contributed by atoms with Gasteiger partial charge < -0.3 is 5.32 Å². The number of hydrogen-bond acceptors (Lipinski definition) is 3. The molecule has 1 saturated heterocycles. The van der Waals surface area contributed by atoms with Crippen LogP contribution in [0.2, 0.25) is 10.0 Å². The number of halogens is 3. The number of hydrogen-bond donors (Lipinski definition) is 2. The van der Waals surface area contributed by atoms with Gasteiger partial charge in [0, 0.05) is 23.8 Å². The van der Waals surface area contributed by atoms with E-state index in [9.17, 15) is 17.6 Å². The van der Waals surface area contributed by atoms with Gasteiger partial charge in [-0.05, 0) is 42.3 Å². The molecule has 2 aromatic rings. The Morgan fingerprint density at radius 3 is 2.67 bits per heavy atom. The van der Waals surface area contributed by atoms with Gasteiger partial charge in [0.05, 0.1) is 5.02 Å². The lowest BCUT2D eigenvalue weighted by atomic mass is 9.99. The molecule has 0 spiro atoms. The lowest BCUT2D eigenvalue weighted by Gasteiger charge is -2.36. The minimum Gasteiger partial charge on any atom is -0.325 e. The third-order valence-electron chi connectivity index (χ3n) is 4.31. The molecule has 1 aliphatic rings. The molecule has 0 aliphatic carbocycles. The molecule has 1 fully saturated rings. The highest BCUT2D eigenvalue weighted by atomic mass is 35.5. The van der Waals surface area contributed by atoms with Gasteiger partial charge in [-0.15, -0.1) is 0 Å². The molecule has 1 aliphatic heterocycles. The third-order valence-corrected chi connectivity index (χ3v) is 6.43. The second kappa shape index (κ2) is 7.73. The van der Waals surface area contributed by atoms with E-state index in [-0.39, 0.29) is 17.1 Å². The quantitative estimate of drug-likeness (QED) is 0.781. The molecule has 3 rings (SSSR count). The predicted octanol–water partition coefficient (Wildman–Crippen LogP) is 3.35. The van der Waals surface area contributed by atoms with Crippen LogP contribution in [0.3, 0.4) is 0 Å². The Morgan fingerprint density at radius 1 is 1.26 bits per heavy atom. The summed E-state index contributed by atoms with van der Waals surface area (Å²) in [4.78, 5) is 12.7. The van der Waals surface area contributed by atoms with E-state index < -0.39 is 34.0 Å². The molecule has 0 bridgehead atoms. The number of anilines is 1. The summed E-state index contributed by atoms with van der Waals surface area (Å²) in [5, 5.41) is 2.90. The van der Waals surface area contributed by atoms with Crippen molar-refractivity contribution < 1.29 is 17.6 Å². The Kier molecular flexibility index (Phi) is 5.73. The van der Waals surface area contributed by atoms with Gasteiger partial charge in [0.15, 0.2) is 0 Å². The van der Waals surface area contributed by atoms with Crippen LogP contribution in [-0.2, 0) is 15.0 Å². The summed E-state index contributed by atoms with van der Waals surface area (Å²) in [6.07, 6.45) is 0.191. The minimum atomic E-state index is -3.88. The first kappa shape index (κ1) is 20.0. The van der Waals surface area contributed by atoms with Crippen molar-refractivity contribution in [3.63, 3.8) is 0 Å². The van der Waals surface area contributed by atoms with E-state index in [1.165, 1.54) is 19.2 Å². The molecule has 0 saturated carbocycles. The highest BCUT2D eigenvalue weighted by Crippen LogP contribution is 2.30. The Hall–Kier alpha value is -1.71. The van der Waals surface area contributed by atoms with E-state index in [4.69, 9.17) is 23.2 Å². The number of carbonyl (C=O) groups is 1. The van der Waals surface area contributed by atoms with Gasteiger partial charge in [0.25, 0.3) is 10.2 Å². The monoisotopic (exact) mass is 431 g/mol. The molecule has 6 nitrogen and oxygen atoms in total. The van der Waals surface area contributed by atoms with Crippen LogP contribution in [0.25, 0.3) is 0 Å². The second-order valence-corrected chi connectivity index (χ2v) is 8.72. The van der Waals surface area contributed by atoms with Gasteiger partial charge in [-0.2, -0.15) is 17.4 Å². The van der Waals surface area contributed by atoms with E-state index in [1.54, 1.807) is 24.3 Å². The largest absolute Gasteiger partial charge is 0.325 e. The maximum Gasteiger partial charge on any atom is 0.280 e. The zero-order valence-electron chi connectivity index (χ0n) is 14.1. The molecule has 0 radical (unpaired) electrons. The van der Waals surface area contributed by atoms with Gasteiger partial charge in [0.2, 0.25) is 5.91 Å². The number of rotatable bonds is 3. The first-order chi connectivity index (χ1) is 12.7. The molecular weight excluding hydrogens is 416 g/mol. The molecule has 10 heteroatoms. The topological polar surface area (TPSA) is 78.5 Å². The summed E-state index contributed by atoms with van der Waals surface area (Å²) in [6.45, 7) is 0. The summed E-state index contributed by atoms with van der Waals surface area (Å²) in [6, 6.07) is 8.92. The number of nitrogens with zero attached hydrogens (tertiary/aromatic N) is 1. The first-order valence-corrected chi connectivity index (χ1v) is 10.1. The molecule has 144 valence electrons. The molecule has 0 unspecified atom stereocenters. The molecule has 1 amide bonds. The van der Waals surface area contributed by atoms with Crippen LogP contribution in [0.15, 0.2) is 42.5 Å². The van der Waals surface area contributed by atoms with E-state index in [1.807, 2.05) is 0 Å². The highest BCUT2D eigenvalue weighted by Gasteiger charge is 2.40. The van der Waals surface area contributed by atoms with Crippen LogP contribution in [0.4, 0.5) is 10.1 Å². The van der Waals surface area contributed by atoms with Crippen molar-refractivity contribution in [1.82, 2.24) is 9.03 Å². The van der Waals surface area contributed by atoms with Crippen LogP contribution < -0.4 is 10.0 Å². The lowest BCUT2D eigenvalue weighted by Crippen LogP contribution is -2.55. The number of likely N-dealkylation sites (N-methyl/N-ethyl adjacent to an activating group) is 1. The Labute approximate surface area is 166 Å². The smallest absolute Gasteiger partial charge is 0.280 e. The average Bonchev–Trinajstić information content (AvgIpc) is 2.60. The van der Waals surface area contributed by atoms with Crippen molar-refractivity contribution in [2.45, 2.75) is 18.5 Å². The molecule has 2 N–H and O–H groups in total. The van der Waals surface area contributed by atoms with Gasteiger partial charge in [-0.25, -0.2) is 4.39 Å². The average molecular weight is 432 g/mol. The van der Waals surface area contributed by atoms with Gasteiger partial charge in [-0.1, -0.05) is 35.3 Å². The predicted molar refractivity (Wildman–Crippen MR) is 102 cm³/mol. The van der Waals surface area contributed by atoms with Crippen molar-refractivity contribution in [2.24, 2.45) is 0 Å².